The van der Waals surface area contributed by atoms with E-state index in [9.17, 15) is 26.7 Å². The van der Waals surface area contributed by atoms with Gasteiger partial charge < -0.3 is 5.11 Å². The predicted octanol–water partition coefficient (Wildman–Crippen LogP) is 3.33. The van der Waals surface area contributed by atoms with E-state index in [1.165, 1.54) is 0 Å². The highest BCUT2D eigenvalue weighted by Crippen LogP contribution is 2.41. The summed E-state index contributed by atoms with van der Waals surface area (Å²) in [6.45, 7) is 0. The number of halogens is 5. The van der Waals surface area contributed by atoms with Crippen molar-refractivity contribution in [2.75, 3.05) is 0 Å². The lowest BCUT2D eigenvalue weighted by atomic mass is 10.2. The molecule has 0 spiro atoms. The minimum absolute atomic E-state index is 0.150. The Balaban J connectivity index is 2.97. The van der Waals surface area contributed by atoms with E-state index < -0.39 is 34.2 Å². The molecular weight excluding hydrogens is 255 g/mol. The maximum Gasteiger partial charge on any atom is 0.425 e. The summed E-state index contributed by atoms with van der Waals surface area (Å²) < 4.78 is 62.4. The average Bonchev–Trinajstić information content (AvgIpc) is 2.47. The minimum Gasteiger partial charge on any atom is -0.481 e. The summed E-state index contributed by atoms with van der Waals surface area (Å²) in [5.74, 6) is -5.55. The molecule has 0 aliphatic carbocycles. The zero-order valence-corrected chi connectivity index (χ0v) is 8.33. The van der Waals surface area contributed by atoms with Crippen molar-refractivity contribution in [2.45, 2.75) is 18.5 Å². The van der Waals surface area contributed by atoms with Crippen molar-refractivity contribution in [3.05, 3.63) is 21.9 Å². The Bertz CT molecular complexity index is 395. The maximum atomic E-state index is 13.1. The van der Waals surface area contributed by atoms with Crippen LogP contribution in [0.1, 0.15) is 16.2 Å². The van der Waals surface area contributed by atoms with Gasteiger partial charge in [-0.15, -0.1) is 11.3 Å². The van der Waals surface area contributed by atoms with Crippen molar-refractivity contribution in [2.24, 2.45) is 0 Å². The predicted molar refractivity (Wildman–Crippen MR) is 45.5 cm³/mol. The highest BCUT2D eigenvalue weighted by Gasteiger charge is 2.40. The third-order valence-corrected chi connectivity index (χ3v) is 2.86. The second-order valence-corrected chi connectivity index (χ2v) is 4.02. The van der Waals surface area contributed by atoms with E-state index in [2.05, 4.69) is 0 Å². The van der Waals surface area contributed by atoms with Gasteiger partial charge >= 0.3 is 12.1 Å². The Morgan fingerprint density at radius 3 is 2.06 bits per heavy atom. The molecule has 2 nitrogen and oxygen atoms in total. The number of hydrogen-bond acceptors (Lipinski definition) is 2. The van der Waals surface area contributed by atoms with Crippen molar-refractivity contribution >= 4 is 17.3 Å². The lowest BCUT2D eigenvalue weighted by Gasteiger charge is -2.11. The number of carboxylic acids is 1. The zero-order valence-electron chi connectivity index (χ0n) is 7.52. The van der Waals surface area contributed by atoms with Crippen LogP contribution in [0.5, 0.6) is 0 Å². The average molecular weight is 260 g/mol. The van der Waals surface area contributed by atoms with Gasteiger partial charge in [0.05, 0.1) is 4.88 Å². The number of alkyl halides is 5. The molecule has 0 radical (unpaired) electrons. The maximum absolute atomic E-state index is 13.1. The van der Waals surface area contributed by atoms with Gasteiger partial charge in [0.15, 0.2) is 0 Å². The summed E-state index contributed by atoms with van der Waals surface area (Å²) in [5.41, 5.74) is 0. The Morgan fingerprint density at radius 1 is 1.19 bits per heavy atom. The summed E-state index contributed by atoms with van der Waals surface area (Å²) in [7, 11) is 0. The largest absolute Gasteiger partial charge is 0.481 e. The van der Waals surface area contributed by atoms with Crippen molar-refractivity contribution in [3.8, 4) is 0 Å². The first-order valence-corrected chi connectivity index (χ1v) is 4.72. The quantitative estimate of drug-likeness (QED) is 0.846. The molecule has 1 rings (SSSR count). The van der Waals surface area contributed by atoms with Gasteiger partial charge in [0.2, 0.25) is 0 Å². The first-order valence-electron chi connectivity index (χ1n) is 3.90. The van der Waals surface area contributed by atoms with Crippen molar-refractivity contribution in [3.63, 3.8) is 0 Å². The van der Waals surface area contributed by atoms with Gasteiger partial charge in [0.1, 0.15) is 11.3 Å². The van der Waals surface area contributed by atoms with Crippen LogP contribution in [-0.2, 0) is 16.9 Å². The first-order chi connectivity index (χ1) is 7.13. The Labute approximate surface area is 90.3 Å². The molecule has 1 N–H and O–H groups in total. The van der Waals surface area contributed by atoms with E-state index in [-0.39, 0.29) is 11.3 Å². The molecule has 0 fully saturated rings. The standard InChI is InChI=1S/C8H5F5O2S/c9-7(10,3-6(14)15)4-1-2-5(16-4)8(11,12)13/h1-2H,3H2,(H,14,15). The molecule has 0 aliphatic rings. The normalized spacial score (nSPS) is 12.8. The third kappa shape index (κ3) is 2.91. The minimum atomic E-state index is -4.69. The van der Waals surface area contributed by atoms with Crippen LogP contribution in [0, 0.1) is 0 Å². The number of thiophene rings is 1. The van der Waals surface area contributed by atoms with Crippen LogP contribution in [0.3, 0.4) is 0 Å². The van der Waals surface area contributed by atoms with E-state index in [1.807, 2.05) is 0 Å². The summed E-state index contributed by atoms with van der Waals surface area (Å²) in [6.07, 6.45) is -6.22. The van der Waals surface area contributed by atoms with Gasteiger partial charge in [-0.25, -0.2) is 0 Å². The van der Waals surface area contributed by atoms with E-state index in [0.717, 1.165) is 0 Å². The van der Waals surface area contributed by atoms with Gasteiger partial charge in [-0.1, -0.05) is 0 Å². The molecule has 90 valence electrons. The molecule has 16 heavy (non-hydrogen) atoms. The fourth-order valence-corrected chi connectivity index (χ4v) is 1.81. The molecule has 0 amide bonds. The number of aliphatic carboxylic acids is 1. The first kappa shape index (κ1) is 12.9. The smallest absolute Gasteiger partial charge is 0.425 e. The number of rotatable bonds is 3. The second kappa shape index (κ2) is 4.00. The van der Waals surface area contributed by atoms with Crippen LogP contribution in [0.15, 0.2) is 12.1 Å². The molecular formula is C8H5F5O2S. The number of carbonyl (C=O) groups is 1. The van der Waals surface area contributed by atoms with Crippen LogP contribution >= 0.6 is 11.3 Å². The van der Waals surface area contributed by atoms with Gasteiger partial charge in [0.25, 0.3) is 5.92 Å². The van der Waals surface area contributed by atoms with Gasteiger partial charge in [-0.2, -0.15) is 22.0 Å². The SMILES string of the molecule is O=C(O)CC(F)(F)c1ccc(C(F)(F)F)s1. The summed E-state index contributed by atoms with van der Waals surface area (Å²) in [4.78, 5) is 8.02. The molecule has 0 atom stereocenters. The zero-order chi connectivity index (χ0) is 12.6. The van der Waals surface area contributed by atoms with Gasteiger partial charge in [0, 0.05) is 0 Å². The molecule has 0 aliphatic heterocycles. The fourth-order valence-electron chi connectivity index (χ4n) is 0.964. The third-order valence-electron chi connectivity index (χ3n) is 1.62. The van der Waals surface area contributed by atoms with Crippen LogP contribution in [0.25, 0.3) is 0 Å². The van der Waals surface area contributed by atoms with Crippen LogP contribution in [0.4, 0.5) is 22.0 Å². The summed E-state index contributed by atoms with van der Waals surface area (Å²) in [6, 6.07) is 1.10. The summed E-state index contributed by atoms with van der Waals surface area (Å²) in [5, 5.41) is 8.18. The molecule has 8 heteroatoms. The Hall–Kier alpha value is -1.18. The van der Waals surface area contributed by atoms with Crippen LogP contribution in [0.2, 0.25) is 0 Å². The monoisotopic (exact) mass is 260 g/mol. The fraction of sp³-hybridized carbons (Fsp3) is 0.375. The second-order valence-electron chi connectivity index (χ2n) is 2.94. The molecule has 0 saturated carbocycles. The molecule has 0 aromatic carbocycles. The molecule has 1 aromatic heterocycles. The lowest BCUT2D eigenvalue weighted by Crippen LogP contribution is -2.16. The number of carboxylic acid groups (broad SMARTS) is 1. The highest BCUT2D eigenvalue weighted by atomic mass is 32.1. The lowest BCUT2D eigenvalue weighted by molar-refractivity contribution is -0.145. The van der Waals surface area contributed by atoms with E-state index >= 15 is 0 Å². The van der Waals surface area contributed by atoms with E-state index in [1.54, 1.807) is 0 Å². The van der Waals surface area contributed by atoms with Gasteiger partial charge in [-0.05, 0) is 12.1 Å². The van der Waals surface area contributed by atoms with Crippen molar-refractivity contribution < 1.29 is 31.9 Å². The molecule has 0 bridgehead atoms. The van der Waals surface area contributed by atoms with Crippen LogP contribution in [-0.4, -0.2) is 11.1 Å². The molecule has 1 heterocycles. The topological polar surface area (TPSA) is 37.3 Å². The van der Waals surface area contributed by atoms with Crippen LogP contribution < -0.4 is 0 Å². The van der Waals surface area contributed by atoms with Gasteiger partial charge in [-0.3, -0.25) is 4.79 Å². The molecule has 0 saturated heterocycles. The molecule has 0 unspecified atom stereocenters. The summed E-state index contributed by atoms with van der Waals surface area (Å²) >= 11 is -0.150. The number of hydrogen-bond donors (Lipinski definition) is 1. The molecule has 1 aromatic rings. The van der Waals surface area contributed by atoms with Crippen molar-refractivity contribution in [1.29, 1.82) is 0 Å². The van der Waals surface area contributed by atoms with E-state index in [0.29, 0.717) is 12.1 Å². The highest BCUT2D eigenvalue weighted by molar-refractivity contribution is 7.12. The Kier molecular flexibility index (Phi) is 3.22. The Morgan fingerprint density at radius 2 is 1.69 bits per heavy atom. The van der Waals surface area contributed by atoms with E-state index in [4.69, 9.17) is 5.11 Å². The van der Waals surface area contributed by atoms with Crippen molar-refractivity contribution in [1.82, 2.24) is 0 Å².